The van der Waals surface area contributed by atoms with Crippen LogP contribution in [0.5, 0.6) is 0 Å². The van der Waals surface area contributed by atoms with E-state index in [0.717, 1.165) is 16.1 Å². The number of hydrogen-bond donors (Lipinski definition) is 2. The summed E-state index contributed by atoms with van der Waals surface area (Å²) in [5.41, 5.74) is 2.13. The average Bonchev–Trinajstić information content (AvgIpc) is 3.35. The predicted molar refractivity (Wildman–Crippen MR) is 135 cm³/mol. The summed E-state index contributed by atoms with van der Waals surface area (Å²) >= 11 is 1.48. The molecule has 1 aliphatic rings. The summed E-state index contributed by atoms with van der Waals surface area (Å²) in [5.74, 6) is -0.0608. The zero-order valence-corrected chi connectivity index (χ0v) is 21.4. The van der Waals surface area contributed by atoms with Crippen LogP contribution in [0.2, 0.25) is 0 Å². The highest BCUT2D eigenvalue weighted by atomic mass is 32.2. The smallest absolute Gasteiger partial charge is 0.408 e. The highest BCUT2D eigenvalue weighted by molar-refractivity contribution is 7.99. The van der Waals surface area contributed by atoms with Crippen molar-refractivity contribution < 1.29 is 24.2 Å². The Bertz CT molecular complexity index is 1210. The Morgan fingerprint density at radius 3 is 2.58 bits per heavy atom. The highest BCUT2D eigenvalue weighted by Crippen LogP contribution is 2.37. The molecule has 1 aromatic heterocycles. The lowest BCUT2D eigenvalue weighted by Crippen LogP contribution is -2.53. The zero-order valence-electron chi connectivity index (χ0n) is 20.5. The van der Waals surface area contributed by atoms with Crippen molar-refractivity contribution in [3.8, 4) is 5.69 Å². The molecule has 2 N–H and O–H groups in total. The lowest BCUT2D eigenvalue weighted by atomic mass is 10.1. The maximum Gasteiger partial charge on any atom is 0.408 e. The third-order valence-electron chi connectivity index (χ3n) is 5.46. The molecule has 0 aliphatic carbocycles. The minimum Gasteiger partial charge on any atom is -0.465 e. The number of anilines is 1. The number of ether oxygens (including phenoxy) is 2. The lowest BCUT2D eigenvalue weighted by molar-refractivity contribution is 0.0436. The number of aromatic nitrogens is 3. The molecular formula is C25H29N5O5S. The first-order valence-electron chi connectivity index (χ1n) is 11.4. The van der Waals surface area contributed by atoms with Gasteiger partial charge in [0.2, 0.25) is 0 Å². The monoisotopic (exact) mass is 511 g/mol. The van der Waals surface area contributed by atoms with E-state index in [1.165, 1.54) is 25.2 Å². The lowest BCUT2D eigenvalue weighted by Gasteiger charge is -2.34. The van der Waals surface area contributed by atoms with Gasteiger partial charge in [0, 0.05) is 17.2 Å². The number of esters is 1. The maximum absolute atomic E-state index is 12.5. The topological polar surface area (TPSA) is 119 Å². The fourth-order valence-electron chi connectivity index (χ4n) is 3.78. The number of methoxy groups -OCH3 is 1. The van der Waals surface area contributed by atoms with Gasteiger partial charge < -0.3 is 24.8 Å². The first-order chi connectivity index (χ1) is 17.1. The van der Waals surface area contributed by atoms with E-state index in [9.17, 15) is 14.7 Å². The molecule has 2 atom stereocenters. The molecule has 0 bridgehead atoms. The SMILES string of the molecule is COC(=O)c1ccc2c(c1)N(Cc1ccc(-n3cncn3)cc1)C(O)[C@@H](NC(=O)OC(C)(C)C)CS2. The molecule has 2 aromatic carbocycles. The third kappa shape index (κ3) is 5.97. The van der Waals surface area contributed by atoms with Crippen LogP contribution in [0.15, 0.2) is 60.0 Å². The fraction of sp³-hybridized carbons (Fsp3) is 0.360. The first kappa shape index (κ1) is 25.5. The Balaban J connectivity index is 1.65. The van der Waals surface area contributed by atoms with Crippen molar-refractivity contribution >= 4 is 29.5 Å². The average molecular weight is 512 g/mol. The van der Waals surface area contributed by atoms with Crippen molar-refractivity contribution in [3.05, 3.63) is 66.2 Å². The molecule has 4 rings (SSSR count). The zero-order chi connectivity index (χ0) is 25.9. The second-order valence-corrected chi connectivity index (χ2v) is 10.3. The molecule has 0 radical (unpaired) electrons. The van der Waals surface area contributed by atoms with Gasteiger partial charge in [-0.15, -0.1) is 11.8 Å². The van der Waals surface area contributed by atoms with Crippen LogP contribution in [0.3, 0.4) is 0 Å². The highest BCUT2D eigenvalue weighted by Gasteiger charge is 2.34. The Morgan fingerprint density at radius 2 is 1.94 bits per heavy atom. The summed E-state index contributed by atoms with van der Waals surface area (Å²) in [6.45, 7) is 5.67. The van der Waals surface area contributed by atoms with E-state index in [1.54, 1.807) is 48.8 Å². The second kappa shape index (κ2) is 10.6. The minimum atomic E-state index is -1.09. The van der Waals surface area contributed by atoms with Gasteiger partial charge in [-0.1, -0.05) is 12.1 Å². The number of aliphatic hydroxyl groups excluding tert-OH is 1. The van der Waals surface area contributed by atoms with Crippen molar-refractivity contribution in [3.63, 3.8) is 0 Å². The van der Waals surface area contributed by atoms with Gasteiger partial charge in [0.1, 0.15) is 24.5 Å². The van der Waals surface area contributed by atoms with Crippen LogP contribution in [0, 0.1) is 0 Å². The summed E-state index contributed by atoms with van der Waals surface area (Å²) in [6.07, 6.45) is 1.38. The predicted octanol–water partition coefficient (Wildman–Crippen LogP) is 3.38. The third-order valence-corrected chi connectivity index (χ3v) is 6.64. The number of rotatable bonds is 5. The number of benzene rings is 2. The number of hydrogen-bond acceptors (Lipinski definition) is 9. The van der Waals surface area contributed by atoms with Crippen molar-refractivity contribution in [1.29, 1.82) is 0 Å². The van der Waals surface area contributed by atoms with Crippen LogP contribution in [-0.2, 0) is 16.0 Å². The first-order valence-corrected chi connectivity index (χ1v) is 12.4. The summed E-state index contributed by atoms with van der Waals surface area (Å²) in [4.78, 5) is 31.3. The second-order valence-electron chi connectivity index (χ2n) is 9.29. The van der Waals surface area contributed by atoms with Gasteiger partial charge in [-0.05, 0) is 56.7 Å². The molecular weight excluding hydrogens is 482 g/mol. The van der Waals surface area contributed by atoms with Crippen LogP contribution < -0.4 is 10.2 Å². The van der Waals surface area contributed by atoms with Crippen molar-refractivity contribution in [2.75, 3.05) is 17.8 Å². The van der Waals surface area contributed by atoms with E-state index in [4.69, 9.17) is 9.47 Å². The van der Waals surface area contributed by atoms with Crippen molar-refractivity contribution in [1.82, 2.24) is 20.1 Å². The molecule has 1 unspecified atom stereocenters. The Morgan fingerprint density at radius 1 is 1.19 bits per heavy atom. The summed E-state index contributed by atoms with van der Waals surface area (Å²) in [6, 6.07) is 12.3. The number of carbonyl (C=O) groups is 2. The summed E-state index contributed by atoms with van der Waals surface area (Å²) < 4.78 is 12.0. The quantitative estimate of drug-likeness (QED) is 0.497. The van der Waals surface area contributed by atoms with E-state index in [2.05, 4.69) is 15.4 Å². The molecule has 0 saturated carbocycles. The minimum absolute atomic E-state index is 0.323. The largest absolute Gasteiger partial charge is 0.465 e. The van der Waals surface area contributed by atoms with Gasteiger partial charge in [0.05, 0.1) is 30.1 Å². The number of thioether (sulfide) groups is 1. The summed E-state index contributed by atoms with van der Waals surface area (Å²) in [5, 5.41) is 18.4. The van der Waals surface area contributed by atoms with Gasteiger partial charge in [-0.3, -0.25) is 0 Å². The van der Waals surface area contributed by atoms with E-state index in [0.29, 0.717) is 23.5 Å². The number of fused-ring (bicyclic) bond motifs is 1. The number of aliphatic hydroxyl groups is 1. The number of alkyl carbamates (subject to hydrolysis) is 1. The molecule has 10 nitrogen and oxygen atoms in total. The van der Waals surface area contributed by atoms with Gasteiger partial charge in [-0.25, -0.2) is 19.3 Å². The van der Waals surface area contributed by atoms with Gasteiger partial charge in [-0.2, -0.15) is 5.10 Å². The Kier molecular flexibility index (Phi) is 7.51. The van der Waals surface area contributed by atoms with Crippen LogP contribution >= 0.6 is 11.8 Å². The molecule has 2 heterocycles. The van der Waals surface area contributed by atoms with E-state index in [-0.39, 0.29) is 0 Å². The maximum atomic E-state index is 12.5. The molecule has 11 heteroatoms. The summed E-state index contributed by atoms with van der Waals surface area (Å²) in [7, 11) is 1.33. The normalized spacial score (nSPS) is 17.6. The van der Waals surface area contributed by atoms with E-state index >= 15 is 0 Å². The van der Waals surface area contributed by atoms with Crippen LogP contribution in [-0.4, -0.2) is 62.7 Å². The van der Waals surface area contributed by atoms with Gasteiger partial charge in [0.15, 0.2) is 0 Å². The van der Waals surface area contributed by atoms with Gasteiger partial charge >= 0.3 is 12.1 Å². The van der Waals surface area contributed by atoms with Crippen LogP contribution in [0.25, 0.3) is 5.69 Å². The number of nitrogens with one attached hydrogen (secondary N) is 1. The number of nitrogens with zero attached hydrogens (tertiary/aromatic N) is 4. The molecule has 0 saturated heterocycles. The van der Waals surface area contributed by atoms with Crippen molar-refractivity contribution in [2.24, 2.45) is 0 Å². The van der Waals surface area contributed by atoms with Crippen LogP contribution in [0.1, 0.15) is 36.7 Å². The number of amides is 1. The molecule has 1 aliphatic heterocycles. The van der Waals surface area contributed by atoms with E-state index < -0.39 is 29.9 Å². The van der Waals surface area contributed by atoms with Crippen molar-refractivity contribution in [2.45, 2.75) is 50.1 Å². The molecule has 1 amide bonds. The fourth-order valence-corrected chi connectivity index (χ4v) is 4.88. The Hall–Kier alpha value is -3.57. The molecule has 0 spiro atoms. The Labute approximate surface area is 213 Å². The molecule has 0 fully saturated rings. The van der Waals surface area contributed by atoms with E-state index in [1.807, 2.05) is 30.3 Å². The molecule has 36 heavy (non-hydrogen) atoms. The standard InChI is InChI=1S/C25H29N5O5S/c1-25(2,3)35-24(33)28-19-13-36-21-10-7-17(23(32)34-4)11-20(21)29(22(19)31)12-16-5-8-18(9-6-16)30-15-26-14-27-30/h5-11,14-15,19,22,31H,12-13H2,1-4H3,(H,28,33)/t19-,22?/m0/s1. The van der Waals surface area contributed by atoms with Gasteiger partial charge in [0.25, 0.3) is 0 Å². The molecule has 190 valence electrons. The molecule has 3 aromatic rings. The number of carbonyl (C=O) groups excluding carboxylic acids is 2. The van der Waals surface area contributed by atoms with Crippen LogP contribution in [0.4, 0.5) is 10.5 Å².